The van der Waals surface area contributed by atoms with Crippen LogP contribution in [0.3, 0.4) is 0 Å². The maximum Gasteiger partial charge on any atom is 0.191 e. The lowest BCUT2D eigenvalue weighted by Gasteiger charge is -2.60. The van der Waals surface area contributed by atoms with Gasteiger partial charge in [-0.15, -0.1) is 0 Å². The highest BCUT2D eigenvalue weighted by atomic mass is 16.5. The zero-order valence-electron chi connectivity index (χ0n) is 12.4. The second-order valence-corrected chi connectivity index (χ2v) is 6.94. The molecule has 0 aromatic rings. The van der Waals surface area contributed by atoms with Crippen molar-refractivity contribution in [1.82, 2.24) is 10.6 Å². The molecule has 19 heavy (non-hydrogen) atoms. The van der Waals surface area contributed by atoms with Crippen LogP contribution in [0.2, 0.25) is 0 Å². The number of aliphatic imine (C=N–C) groups is 1. The third-order valence-electron chi connectivity index (χ3n) is 5.10. The van der Waals surface area contributed by atoms with Crippen molar-refractivity contribution in [3.05, 3.63) is 0 Å². The van der Waals surface area contributed by atoms with E-state index < -0.39 is 0 Å². The molecule has 1 heterocycles. The van der Waals surface area contributed by atoms with Gasteiger partial charge in [0.25, 0.3) is 0 Å². The molecule has 108 valence electrons. The molecule has 2 aliphatic carbocycles. The molecule has 0 bridgehead atoms. The number of fused-ring (bicyclic) bond motifs is 1. The SMILES string of the molecule is CN=C(NCC1CC1)NC1C2CCCOC2C1(C)C. The molecule has 3 unspecified atom stereocenters. The van der Waals surface area contributed by atoms with Gasteiger partial charge < -0.3 is 15.4 Å². The highest BCUT2D eigenvalue weighted by Crippen LogP contribution is 2.51. The summed E-state index contributed by atoms with van der Waals surface area (Å²) in [5.41, 5.74) is 0.211. The maximum atomic E-state index is 5.95. The van der Waals surface area contributed by atoms with Crippen LogP contribution in [-0.2, 0) is 4.74 Å². The van der Waals surface area contributed by atoms with E-state index in [4.69, 9.17) is 4.74 Å². The topological polar surface area (TPSA) is 45.7 Å². The Morgan fingerprint density at radius 2 is 2.11 bits per heavy atom. The van der Waals surface area contributed by atoms with Crippen molar-refractivity contribution >= 4 is 5.96 Å². The minimum Gasteiger partial charge on any atom is -0.377 e. The van der Waals surface area contributed by atoms with E-state index in [2.05, 4.69) is 29.5 Å². The van der Waals surface area contributed by atoms with Crippen molar-refractivity contribution in [2.24, 2.45) is 22.2 Å². The average molecular weight is 265 g/mol. The summed E-state index contributed by atoms with van der Waals surface area (Å²) in [6.07, 6.45) is 5.66. The first-order valence-corrected chi connectivity index (χ1v) is 7.71. The number of hydrogen-bond acceptors (Lipinski definition) is 2. The molecular formula is C15H27N3O. The van der Waals surface area contributed by atoms with E-state index in [9.17, 15) is 0 Å². The minimum absolute atomic E-state index is 0.211. The Kier molecular flexibility index (Phi) is 3.46. The van der Waals surface area contributed by atoms with Gasteiger partial charge in [0.1, 0.15) is 0 Å². The molecule has 2 N–H and O–H groups in total. The first-order chi connectivity index (χ1) is 9.13. The van der Waals surface area contributed by atoms with Gasteiger partial charge in [-0.25, -0.2) is 0 Å². The standard InChI is InChI=1S/C15H27N3O/c1-15(2)12(11-5-4-8-19-13(11)15)18-14(16-3)17-9-10-6-7-10/h10-13H,4-9H2,1-3H3,(H2,16,17,18). The summed E-state index contributed by atoms with van der Waals surface area (Å²) in [6, 6.07) is 0.489. The van der Waals surface area contributed by atoms with Crippen LogP contribution in [-0.4, -0.2) is 38.3 Å². The Morgan fingerprint density at radius 1 is 1.32 bits per heavy atom. The number of hydrogen-bond donors (Lipinski definition) is 2. The maximum absolute atomic E-state index is 5.95. The quantitative estimate of drug-likeness (QED) is 0.604. The molecule has 4 nitrogen and oxygen atoms in total. The van der Waals surface area contributed by atoms with Gasteiger partial charge in [0.15, 0.2) is 5.96 Å². The lowest BCUT2D eigenvalue weighted by molar-refractivity contribution is -0.188. The molecule has 3 aliphatic rings. The van der Waals surface area contributed by atoms with E-state index in [-0.39, 0.29) is 5.41 Å². The van der Waals surface area contributed by atoms with Crippen molar-refractivity contribution in [2.45, 2.75) is 51.7 Å². The molecule has 0 radical (unpaired) electrons. The van der Waals surface area contributed by atoms with Crippen LogP contribution < -0.4 is 10.6 Å². The molecule has 0 spiro atoms. The summed E-state index contributed by atoms with van der Waals surface area (Å²) >= 11 is 0. The van der Waals surface area contributed by atoms with Gasteiger partial charge in [-0.1, -0.05) is 13.8 Å². The molecule has 0 aromatic carbocycles. The summed E-state index contributed by atoms with van der Waals surface area (Å²) in [6.45, 7) is 6.63. The Bertz CT molecular complexity index is 362. The number of ether oxygens (including phenoxy) is 1. The molecule has 3 fully saturated rings. The first-order valence-electron chi connectivity index (χ1n) is 7.71. The summed E-state index contributed by atoms with van der Waals surface area (Å²) < 4.78 is 5.95. The fourth-order valence-electron chi connectivity index (χ4n) is 3.72. The Labute approximate surface area is 116 Å². The molecule has 2 saturated carbocycles. The molecule has 1 aliphatic heterocycles. The summed E-state index contributed by atoms with van der Waals surface area (Å²) in [4.78, 5) is 4.37. The Morgan fingerprint density at radius 3 is 2.79 bits per heavy atom. The second-order valence-electron chi connectivity index (χ2n) is 6.94. The van der Waals surface area contributed by atoms with Crippen molar-refractivity contribution < 1.29 is 4.74 Å². The van der Waals surface area contributed by atoms with Crippen LogP contribution in [0.4, 0.5) is 0 Å². The van der Waals surface area contributed by atoms with Crippen LogP contribution in [0.1, 0.15) is 39.5 Å². The predicted octanol–water partition coefficient (Wildman–Crippen LogP) is 1.76. The van der Waals surface area contributed by atoms with Crippen LogP contribution in [0, 0.1) is 17.3 Å². The van der Waals surface area contributed by atoms with Crippen LogP contribution >= 0.6 is 0 Å². The fraction of sp³-hybridized carbons (Fsp3) is 0.933. The van der Waals surface area contributed by atoms with Crippen LogP contribution in [0.5, 0.6) is 0 Å². The molecule has 3 rings (SSSR count). The van der Waals surface area contributed by atoms with E-state index >= 15 is 0 Å². The molecule has 3 atom stereocenters. The molecule has 4 heteroatoms. The van der Waals surface area contributed by atoms with Crippen molar-refractivity contribution in [3.8, 4) is 0 Å². The van der Waals surface area contributed by atoms with Gasteiger partial charge in [0, 0.05) is 37.6 Å². The van der Waals surface area contributed by atoms with Crippen molar-refractivity contribution in [3.63, 3.8) is 0 Å². The van der Waals surface area contributed by atoms with Gasteiger partial charge >= 0.3 is 0 Å². The van der Waals surface area contributed by atoms with E-state index in [1.54, 1.807) is 0 Å². The number of rotatable bonds is 3. The Balaban J connectivity index is 1.57. The monoisotopic (exact) mass is 265 g/mol. The first kappa shape index (κ1) is 13.2. The normalized spacial score (nSPS) is 37.2. The molecular weight excluding hydrogens is 238 g/mol. The summed E-state index contributed by atoms with van der Waals surface area (Å²) in [5, 5.41) is 7.10. The highest BCUT2D eigenvalue weighted by Gasteiger charge is 2.58. The van der Waals surface area contributed by atoms with E-state index in [1.807, 2.05) is 7.05 Å². The van der Waals surface area contributed by atoms with Gasteiger partial charge in [-0.3, -0.25) is 4.99 Å². The van der Waals surface area contributed by atoms with E-state index in [1.165, 1.54) is 25.7 Å². The molecule has 0 amide bonds. The highest BCUT2D eigenvalue weighted by molar-refractivity contribution is 5.80. The lowest BCUT2D eigenvalue weighted by Crippen LogP contribution is -2.71. The third kappa shape index (κ3) is 2.47. The number of guanidine groups is 1. The van der Waals surface area contributed by atoms with Crippen LogP contribution in [0.25, 0.3) is 0 Å². The zero-order chi connectivity index (χ0) is 13.5. The van der Waals surface area contributed by atoms with Crippen molar-refractivity contribution in [1.29, 1.82) is 0 Å². The fourth-order valence-corrected chi connectivity index (χ4v) is 3.72. The van der Waals surface area contributed by atoms with Crippen molar-refractivity contribution in [2.75, 3.05) is 20.2 Å². The summed E-state index contributed by atoms with van der Waals surface area (Å²) in [5.74, 6) is 2.50. The predicted molar refractivity (Wildman–Crippen MR) is 77.3 cm³/mol. The summed E-state index contributed by atoms with van der Waals surface area (Å²) in [7, 11) is 1.86. The molecule has 1 saturated heterocycles. The number of nitrogens with one attached hydrogen (secondary N) is 2. The van der Waals surface area contributed by atoms with Gasteiger partial charge in [-0.05, 0) is 31.6 Å². The van der Waals surface area contributed by atoms with Crippen LogP contribution in [0.15, 0.2) is 4.99 Å². The lowest BCUT2D eigenvalue weighted by atomic mass is 9.55. The van der Waals surface area contributed by atoms with E-state index in [0.717, 1.165) is 25.0 Å². The van der Waals surface area contributed by atoms with E-state index in [0.29, 0.717) is 18.1 Å². The largest absolute Gasteiger partial charge is 0.377 e. The number of nitrogens with zero attached hydrogens (tertiary/aromatic N) is 1. The van der Waals surface area contributed by atoms with Gasteiger partial charge in [0.05, 0.1) is 6.10 Å². The second kappa shape index (κ2) is 4.97. The average Bonchev–Trinajstić information content (AvgIpc) is 3.23. The molecule has 0 aromatic heterocycles. The Hall–Kier alpha value is -0.770. The minimum atomic E-state index is 0.211. The van der Waals surface area contributed by atoms with Gasteiger partial charge in [0.2, 0.25) is 0 Å². The smallest absolute Gasteiger partial charge is 0.191 e. The third-order valence-corrected chi connectivity index (χ3v) is 5.10. The van der Waals surface area contributed by atoms with Gasteiger partial charge in [-0.2, -0.15) is 0 Å². The zero-order valence-corrected chi connectivity index (χ0v) is 12.4.